The molecule has 1 aromatic rings. The van der Waals surface area contributed by atoms with Gasteiger partial charge in [0.15, 0.2) is 0 Å². The highest BCUT2D eigenvalue weighted by Crippen LogP contribution is 2.25. The van der Waals surface area contributed by atoms with Crippen molar-refractivity contribution in [2.75, 3.05) is 24.2 Å². The molecule has 1 aliphatic carbocycles. The van der Waals surface area contributed by atoms with Crippen LogP contribution in [-0.4, -0.2) is 49.7 Å². The van der Waals surface area contributed by atoms with Crippen LogP contribution in [0.1, 0.15) is 51.9 Å². The second-order valence-corrected chi connectivity index (χ2v) is 9.72. The molecule has 28 heavy (non-hydrogen) atoms. The van der Waals surface area contributed by atoms with Gasteiger partial charge in [0.1, 0.15) is 5.75 Å². The number of carbonyl (C=O) groups excluding carboxylic acids is 1. The molecule has 0 spiro atoms. The number of nitrogens with zero attached hydrogens (tertiary/aromatic N) is 1. The molecule has 0 atom stereocenters. The number of ether oxygens (including phenoxy) is 1. The molecule has 2 aliphatic rings. The molecule has 156 valence electrons. The summed E-state index contributed by atoms with van der Waals surface area (Å²) in [7, 11) is -3.15. The van der Waals surface area contributed by atoms with E-state index in [4.69, 9.17) is 4.74 Å². The van der Waals surface area contributed by atoms with Crippen molar-refractivity contribution < 1.29 is 17.9 Å². The van der Waals surface area contributed by atoms with Crippen molar-refractivity contribution in [3.05, 3.63) is 24.3 Å². The summed E-state index contributed by atoms with van der Waals surface area (Å²) in [6, 6.07) is 7.15. The van der Waals surface area contributed by atoms with Gasteiger partial charge in [-0.3, -0.25) is 0 Å². The van der Waals surface area contributed by atoms with Gasteiger partial charge < -0.3 is 15.4 Å². The first-order valence-electron chi connectivity index (χ1n) is 10.3. The summed E-state index contributed by atoms with van der Waals surface area (Å²) in [5, 5.41) is 5.78. The fourth-order valence-electron chi connectivity index (χ4n) is 3.83. The average Bonchev–Trinajstić information content (AvgIpc) is 3.17. The van der Waals surface area contributed by atoms with Crippen molar-refractivity contribution >= 4 is 21.7 Å². The van der Waals surface area contributed by atoms with E-state index in [0.29, 0.717) is 44.1 Å². The minimum atomic E-state index is -3.15. The molecular weight excluding hydrogens is 378 g/mol. The summed E-state index contributed by atoms with van der Waals surface area (Å²) in [6.45, 7) is 2.78. The van der Waals surface area contributed by atoms with Crippen LogP contribution >= 0.6 is 0 Å². The number of nitrogens with one attached hydrogen (secondary N) is 2. The SMILES string of the molecule is CCCS(=O)(=O)N1CCC(NC(=O)Nc2ccc(OC3CCCC3)cc2)CC1. The molecule has 3 rings (SSSR count). The molecule has 1 aromatic carbocycles. The first-order valence-corrected chi connectivity index (χ1v) is 11.9. The van der Waals surface area contributed by atoms with E-state index in [0.717, 1.165) is 18.6 Å². The molecule has 0 radical (unpaired) electrons. The molecule has 0 bridgehead atoms. The van der Waals surface area contributed by atoms with Gasteiger partial charge in [0.2, 0.25) is 10.0 Å². The number of hydrogen-bond donors (Lipinski definition) is 2. The number of urea groups is 1. The number of amides is 2. The van der Waals surface area contributed by atoms with Gasteiger partial charge in [0.25, 0.3) is 0 Å². The van der Waals surface area contributed by atoms with Gasteiger partial charge in [0.05, 0.1) is 11.9 Å². The van der Waals surface area contributed by atoms with Crippen LogP contribution in [0.3, 0.4) is 0 Å². The number of sulfonamides is 1. The Balaban J connectivity index is 1.42. The van der Waals surface area contributed by atoms with E-state index in [9.17, 15) is 13.2 Å². The normalized spacial score (nSPS) is 19.5. The molecule has 0 unspecified atom stereocenters. The average molecular weight is 410 g/mol. The van der Waals surface area contributed by atoms with Gasteiger partial charge in [-0.15, -0.1) is 0 Å². The lowest BCUT2D eigenvalue weighted by molar-refractivity contribution is 0.210. The minimum Gasteiger partial charge on any atom is -0.490 e. The minimum absolute atomic E-state index is 0.0157. The number of benzene rings is 1. The zero-order valence-electron chi connectivity index (χ0n) is 16.5. The monoisotopic (exact) mass is 409 g/mol. The van der Waals surface area contributed by atoms with Crippen molar-refractivity contribution in [1.82, 2.24) is 9.62 Å². The maximum Gasteiger partial charge on any atom is 0.319 e. The first-order chi connectivity index (χ1) is 13.5. The number of anilines is 1. The van der Waals surface area contributed by atoms with Crippen LogP contribution in [-0.2, 0) is 10.0 Å². The lowest BCUT2D eigenvalue weighted by Gasteiger charge is -2.31. The van der Waals surface area contributed by atoms with Crippen LogP contribution in [0.2, 0.25) is 0 Å². The van der Waals surface area contributed by atoms with Gasteiger partial charge in [0, 0.05) is 24.8 Å². The van der Waals surface area contributed by atoms with Crippen molar-refractivity contribution in [2.45, 2.75) is 64.0 Å². The Morgan fingerprint density at radius 2 is 1.75 bits per heavy atom. The number of carbonyl (C=O) groups is 1. The summed E-state index contributed by atoms with van der Waals surface area (Å²) < 4.78 is 31.7. The summed E-state index contributed by atoms with van der Waals surface area (Å²) in [5.41, 5.74) is 0.708. The van der Waals surface area contributed by atoms with Gasteiger partial charge in [-0.25, -0.2) is 17.5 Å². The van der Waals surface area contributed by atoms with Crippen LogP contribution < -0.4 is 15.4 Å². The van der Waals surface area contributed by atoms with E-state index in [1.807, 2.05) is 31.2 Å². The molecule has 0 aromatic heterocycles. The molecule has 7 nitrogen and oxygen atoms in total. The maximum atomic E-state index is 12.2. The lowest BCUT2D eigenvalue weighted by atomic mass is 10.1. The van der Waals surface area contributed by atoms with Crippen LogP contribution in [0.15, 0.2) is 24.3 Å². The zero-order chi connectivity index (χ0) is 20.0. The van der Waals surface area contributed by atoms with Crippen molar-refractivity contribution in [1.29, 1.82) is 0 Å². The van der Waals surface area contributed by atoms with E-state index < -0.39 is 10.0 Å². The molecule has 1 saturated heterocycles. The Bertz CT molecular complexity index is 737. The molecule has 2 amide bonds. The smallest absolute Gasteiger partial charge is 0.319 e. The third-order valence-electron chi connectivity index (χ3n) is 5.36. The topological polar surface area (TPSA) is 87.7 Å². The standard InChI is InChI=1S/C20H31N3O4S/c1-2-15-28(25,26)23-13-11-17(12-14-23)22-20(24)21-16-7-9-19(10-8-16)27-18-5-3-4-6-18/h7-10,17-18H,2-6,11-15H2,1H3,(H2,21,22,24). The van der Waals surface area contributed by atoms with E-state index in [2.05, 4.69) is 10.6 Å². The zero-order valence-corrected chi connectivity index (χ0v) is 17.3. The highest BCUT2D eigenvalue weighted by molar-refractivity contribution is 7.89. The van der Waals surface area contributed by atoms with Gasteiger partial charge >= 0.3 is 6.03 Å². The van der Waals surface area contributed by atoms with Gasteiger partial charge in [-0.1, -0.05) is 6.92 Å². The van der Waals surface area contributed by atoms with E-state index in [1.165, 1.54) is 17.1 Å². The first kappa shape index (κ1) is 20.9. The quantitative estimate of drug-likeness (QED) is 0.723. The second-order valence-electron chi connectivity index (χ2n) is 7.64. The largest absolute Gasteiger partial charge is 0.490 e. The summed E-state index contributed by atoms with van der Waals surface area (Å²) in [5.74, 6) is 1.02. The molecule has 8 heteroatoms. The Morgan fingerprint density at radius 3 is 2.36 bits per heavy atom. The molecular formula is C20H31N3O4S. The maximum absolute atomic E-state index is 12.2. The van der Waals surface area contributed by atoms with Crippen molar-refractivity contribution in [3.8, 4) is 5.75 Å². The van der Waals surface area contributed by atoms with E-state index >= 15 is 0 Å². The molecule has 2 fully saturated rings. The predicted molar refractivity (Wildman–Crippen MR) is 110 cm³/mol. The third-order valence-corrected chi connectivity index (χ3v) is 7.44. The predicted octanol–water partition coefficient (Wildman–Crippen LogP) is 3.33. The summed E-state index contributed by atoms with van der Waals surface area (Å²) >= 11 is 0. The molecule has 1 aliphatic heterocycles. The highest BCUT2D eigenvalue weighted by atomic mass is 32.2. The summed E-state index contributed by atoms with van der Waals surface area (Å²) in [4.78, 5) is 12.2. The third kappa shape index (κ3) is 5.85. The lowest BCUT2D eigenvalue weighted by Crippen LogP contribution is -2.47. The molecule has 2 N–H and O–H groups in total. The number of hydrogen-bond acceptors (Lipinski definition) is 4. The van der Waals surface area contributed by atoms with Crippen molar-refractivity contribution in [3.63, 3.8) is 0 Å². The molecule has 1 saturated carbocycles. The second kappa shape index (κ2) is 9.60. The molecule has 1 heterocycles. The fourth-order valence-corrected chi connectivity index (χ4v) is 5.37. The Labute approximate surface area is 167 Å². The Kier molecular flexibility index (Phi) is 7.18. The van der Waals surface area contributed by atoms with Crippen LogP contribution in [0.25, 0.3) is 0 Å². The summed E-state index contributed by atoms with van der Waals surface area (Å²) in [6.07, 6.45) is 6.88. The van der Waals surface area contributed by atoms with Gasteiger partial charge in [-0.2, -0.15) is 0 Å². The van der Waals surface area contributed by atoms with Crippen LogP contribution in [0.5, 0.6) is 5.75 Å². The van der Waals surface area contributed by atoms with Gasteiger partial charge in [-0.05, 0) is 69.2 Å². The number of piperidine rings is 1. The van der Waals surface area contributed by atoms with E-state index in [-0.39, 0.29) is 17.8 Å². The Hall–Kier alpha value is -1.80. The van der Waals surface area contributed by atoms with Crippen LogP contribution in [0.4, 0.5) is 10.5 Å². The number of rotatable bonds is 7. The fraction of sp³-hybridized carbons (Fsp3) is 0.650. The van der Waals surface area contributed by atoms with E-state index in [1.54, 1.807) is 0 Å². The van der Waals surface area contributed by atoms with Crippen molar-refractivity contribution in [2.24, 2.45) is 0 Å². The highest BCUT2D eigenvalue weighted by Gasteiger charge is 2.28. The Morgan fingerprint density at radius 1 is 1.11 bits per heavy atom. The van der Waals surface area contributed by atoms with Crippen LogP contribution in [0, 0.1) is 0 Å².